The maximum Gasteiger partial charge on any atom is 0.123 e. The third-order valence-electron chi connectivity index (χ3n) is 3.13. The normalized spacial score (nSPS) is 16.6. The largest absolute Gasteiger partial charge is 0.497 e. The Morgan fingerprint density at radius 2 is 2.12 bits per heavy atom. The van der Waals surface area contributed by atoms with E-state index in [4.69, 9.17) is 9.47 Å². The number of methoxy groups -OCH3 is 1. The summed E-state index contributed by atoms with van der Waals surface area (Å²) in [5, 5.41) is 3.49. The van der Waals surface area contributed by atoms with Crippen LogP contribution in [-0.2, 0) is 0 Å². The molecule has 1 fully saturated rings. The zero-order chi connectivity index (χ0) is 12.1. The highest BCUT2D eigenvalue weighted by molar-refractivity contribution is 5.32. The van der Waals surface area contributed by atoms with Crippen molar-refractivity contribution in [2.75, 3.05) is 20.3 Å². The lowest BCUT2D eigenvalue weighted by Gasteiger charge is -2.18. The van der Waals surface area contributed by atoms with Gasteiger partial charge in [0.1, 0.15) is 18.1 Å². The lowest BCUT2D eigenvalue weighted by atomic mass is 10.2. The SMILES string of the molecule is CCNC(COc1cccc(OC)c1)C1CC1. The summed E-state index contributed by atoms with van der Waals surface area (Å²) in [6, 6.07) is 8.27. The highest BCUT2D eigenvalue weighted by atomic mass is 16.5. The highest BCUT2D eigenvalue weighted by Gasteiger charge is 2.30. The summed E-state index contributed by atoms with van der Waals surface area (Å²) in [4.78, 5) is 0. The molecule has 1 unspecified atom stereocenters. The Morgan fingerprint density at radius 1 is 1.35 bits per heavy atom. The molecule has 0 spiro atoms. The van der Waals surface area contributed by atoms with Gasteiger partial charge in [0.2, 0.25) is 0 Å². The van der Waals surface area contributed by atoms with E-state index in [-0.39, 0.29) is 0 Å². The first-order valence-electron chi connectivity index (χ1n) is 6.33. The van der Waals surface area contributed by atoms with Gasteiger partial charge in [-0.25, -0.2) is 0 Å². The quantitative estimate of drug-likeness (QED) is 0.787. The molecule has 2 rings (SSSR count). The molecule has 3 heteroatoms. The van der Waals surface area contributed by atoms with Gasteiger partial charge in [0.15, 0.2) is 0 Å². The van der Waals surface area contributed by atoms with Crippen LogP contribution in [0, 0.1) is 5.92 Å². The minimum Gasteiger partial charge on any atom is -0.497 e. The van der Waals surface area contributed by atoms with Gasteiger partial charge in [0, 0.05) is 12.1 Å². The Morgan fingerprint density at radius 3 is 2.76 bits per heavy atom. The fourth-order valence-corrected chi connectivity index (χ4v) is 2.00. The maximum atomic E-state index is 5.82. The van der Waals surface area contributed by atoms with Crippen molar-refractivity contribution >= 4 is 0 Å². The summed E-state index contributed by atoms with van der Waals surface area (Å²) in [6.07, 6.45) is 2.66. The third kappa shape index (κ3) is 3.63. The summed E-state index contributed by atoms with van der Waals surface area (Å²) < 4.78 is 11.0. The molecule has 0 aromatic heterocycles. The predicted octanol–water partition coefficient (Wildman–Crippen LogP) is 2.46. The van der Waals surface area contributed by atoms with Gasteiger partial charge in [-0.15, -0.1) is 0 Å². The molecule has 1 aliphatic rings. The van der Waals surface area contributed by atoms with Crippen LogP contribution in [0.4, 0.5) is 0 Å². The van der Waals surface area contributed by atoms with E-state index in [0.29, 0.717) is 6.04 Å². The molecule has 0 amide bonds. The highest BCUT2D eigenvalue weighted by Crippen LogP contribution is 2.33. The van der Waals surface area contributed by atoms with E-state index in [0.717, 1.165) is 30.6 Å². The van der Waals surface area contributed by atoms with Gasteiger partial charge in [0.25, 0.3) is 0 Å². The van der Waals surface area contributed by atoms with Crippen LogP contribution in [-0.4, -0.2) is 26.3 Å². The standard InChI is InChI=1S/C14H21NO2/c1-3-15-14(11-7-8-11)10-17-13-6-4-5-12(9-13)16-2/h4-6,9,11,14-15H,3,7-8,10H2,1-2H3. The molecule has 1 aromatic rings. The Balaban J connectivity index is 1.86. The minimum absolute atomic E-state index is 0.492. The van der Waals surface area contributed by atoms with Crippen molar-refractivity contribution in [3.8, 4) is 11.5 Å². The van der Waals surface area contributed by atoms with Crippen molar-refractivity contribution in [3.05, 3.63) is 24.3 Å². The zero-order valence-electron chi connectivity index (χ0n) is 10.6. The Bertz CT molecular complexity index is 350. The molecule has 0 saturated heterocycles. The van der Waals surface area contributed by atoms with Crippen molar-refractivity contribution < 1.29 is 9.47 Å². The van der Waals surface area contributed by atoms with E-state index in [1.54, 1.807) is 7.11 Å². The number of ether oxygens (including phenoxy) is 2. The van der Waals surface area contributed by atoms with Crippen LogP contribution >= 0.6 is 0 Å². The van der Waals surface area contributed by atoms with Crippen LogP contribution in [0.15, 0.2) is 24.3 Å². The number of rotatable bonds is 7. The summed E-state index contributed by atoms with van der Waals surface area (Å²) in [5.41, 5.74) is 0. The molecule has 17 heavy (non-hydrogen) atoms. The molecular formula is C14H21NO2. The maximum absolute atomic E-state index is 5.82. The topological polar surface area (TPSA) is 30.5 Å². The fraction of sp³-hybridized carbons (Fsp3) is 0.571. The first-order valence-corrected chi connectivity index (χ1v) is 6.33. The second-order valence-corrected chi connectivity index (χ2v) is 4.49. The summed E-state index contributed by atoms with van der Waals surface area (Å²) in [6.45, 7) is 3.88. The van der Waals surface area contributed by atoms with E-state index in [1.807, 2.05) is 24.3 Å². The molecule has 0 heterocycles. The summed E-state index contributed by atoms with van der Waals surface area (Å²) in [7, 11) is 1.67. The van der Waals surface area contributed by atoms with Crippen LogP contribution in [0.25, 0.3) is 0 Å². The van der Waals surface area contributed by atoms with E-state index in [9.17, 15) is 0 Å². The van der Waals surface area contributed by atoms with Crippen molar-refractivity contribution in [3.63, 3.8) is 0 Å². The van der Waals surface area contributed by atoms with E-state index in [1.165, 1.54) is 12.8 Å². The van der Waals surface area contributed by atoms with E-state index < -0.39 is 0 Å². The summed E-state index contributed by atoms with van der Waals surface area (Å²) in [5.74, 6) is 2.53. The molecule has 3 nitrogen and oxygen atoms in total. The molecule has 0 bridgehead atoms. The average molecular weight is 235 g/mol. The van der Waals surface area contributed by atoms with Crippen LogP contribution in [0.5, 0.6) is 11.5 Å². The van der Waals surface area contributed by atoms with Gasteiger partial charge in [-0.1, -0.05) is 13.0 Å². The second kappa shape index (κ2) is 5.92. The molecule has 94 valence electrons. The molecule has 0 radical (unpaired) electrons. The van der Waals surface area contributed by atoms with Crippen molar-refractivity contribution in [1.29, 1.82) is 0 Å². The lowest BCUT2D eigenvalue weighted by Crippen LogP contribution is -2.36. The summed E-state index contributed by atoms with van der Waals surface area (Å²) >= 11 is 0. The van der Waals surface area contributed by atoms with E-state index in [2.05, 4.69) is 12.2 Å². The van der Waals surface area contributed by atoms with Crippen LogP contribution in [0.2, 0.25) is 0 Å². The minimum atomic E-state index is 0.492. The monoisotopic (exact) mass is 235 g/mol. The predicted molar refractivity (Wildman–Crippen MR) is 68.7 cm³/mol. The van der Waals surface area contributed by atoms with Crippen molar-refractivity contribution in [2.45, 2.75) is 25.8 Å². The number of nitrogens with one attached hydrogen (secondary N) is 1. The Labute approximate surface area is 103 Å². The average Bonchev–Trinajstić information content (AvgIpc) is 3.19. The molecule has 1 aromatic carbocycles. The van der Waals surface area contributed by atoms with Crippen LogP contribution < -0.4 is 14.8 Å². The molecule has 1 N–H and O–H groups in total. The van der Waals surface area contributed by atoms with Crippen molar-refractivity contribution in [1.82, 2.24) is 5.32 Å². The van der Waals surface area contributed by atoms with Crippen LogP contribution in [0.3, 0.4) is 0 Å². The van der Waals surface area contributed by atoms with Gasteiger partial charge in [0.05, 0.1) is 7.11 Å². The first kappa shape index (κ1) is 12.2. The molecule has 1 saturated carbocycles. The van der Waals surface area contributed by atoms with Gasteiger partial charge in [-0.3, -0.25) is 0 Å². The van der Waals surface area contributed by atoms with Gasteiger partial charge in [-0.05, 0) is 37.4 Å². The molecule has 1 aliphatic carbocycles. The first-order chi connectivity index (χ1) is 8.33. The fourth-order valence-electron chi connectivity index (χ4n) is 2.00. The van der Waals surface area contributed by atoms with Crippen molar-refractivity contribution in [2.24, 2.45) is 5.92 Å². The second-order valence-electron chi connectivity index (χ2n) is 4.49. The van der Waals surface area contributed by atoms with Gasteiger partial charge in [-0.2, -0.15) is 0 Å². The Hall–Kier alpha value is -1.22. The zero-order valence-corrected chi connectivity index (χ0v) is 10.6. The van der Waals surface area contributed by atoms with Gasteiger partial charge < -0.3 is 14.8 Å². The number of hydrogen-bond acceptors (Lipinski definition) is 3. The molecule has 0 aliphatic heterocycles. The van der Waals surface area contributed by atoms with Gasteiger partial charge >= 0.3 is 0 Å². The number of likely N-dealkylation sites (N-methyl/N-ethyl adjacent to an activating group) is 1. The number of benzene rings is 1. The molecule has 1 atom stereocenters. The van der Waals surface area contributed by atoms with Crippen LogP contribution in [0.1, 0.15) is 19.8 Å². The molecular weight excluding hydrogens is 214 g/mol. The van der Waals surface area contributed by atoms with E-state index >= 15 is 0 Å². The smallest absolute Gasteiger partial charge is 0.123 e. The third-order valence-corrected chi connectivity index (χ3v) is 3.13. The number of hydrogen-bond donors (Lipinski definition) is 1. The Kier molecular flexibility index (Phi) is 4.26. The lowest BCUT2D eigenvalue weighted by molar-refractivity contribution is 0.250.